The average molecular weight is 713 g/mol. The maximum absolute atomic E-state index is 5.31. The van der Waals surface area contributed by atoms with E-state index in [1.54, 1.807) is 11.3 Å². The third-order valence-corrected chi connectivity index (χ3v) is 11.0. The van der Waals surface area contributed by atoms with Crippen molar-refractivity contribution < 1.29 is 0 Å². The summed E-state index contributed by atoms with van der Waals surface area (Å²) >= 11 is 1.79. The van der Waals surface area contributed by atoms with Gasteiger partial charge in [-0.3, -0.25) is 4.90 Å². The van der Waals surface area contributed by atoms with Gasteiger partial charge >= 0.3 is 0 Å². The summed E-state index contributed by atoms with van der Waals surface area (Å²) in [6.45, 7) is 0. The van der Waals surface area contributed by atoms with Crippen LogP contribution in [0.15, 0.2) is 181 Å². The van der Waals surface area contributed by atoms with E-state index in [4.69, 9.17) is 19.9 Å². The van der Waals surface area contributed by atoms with Crippen LogP contribution in [0.2, 0.25) is 0 Å². The third kappa shape index (κ3) is 5.59. The molecule has 2 aromatic heterocycles. The smallest absolute Gasteiger partial charge is 0.215 e. The molecular weight excluding hydrogens is 681 g/mol. The zero-order valence-electron chi connectivity index (χ0n) is 29.3. The van der Waals surface area contributed by atoms with Crippen LogP contribution in [0.5, 0.6) is 0 Å². The third-order valence-electron chi connectivity index (χ3n) is 9.85. The summed E-state index contributed by atoms with van der Waals surface area (Å²) in [5, 5.41) is 2.31. The normalized spacial score (nSPS) is 13.2. The van der Waals surface area contributed by atoms with Crippen LogP contribution in [-0.4, -0.2) is 28.0 Å². The molecule has 9 aromatic rings. The second-order valence-electron chi connectivity index (χ2n) is 13.2. The molecule has 7 aromatic carbocycles. The number of guanidine groups is 1. The second kappa shape index (κ2) is 13.2. The van der Waals surface area contributed by atoms with Gasteiger partial charge in [0.05, 0.1) is 17.1 Å². The number of hydrogen-bond acceptors (Lipinski definition) is 5. The molecule has 6 nitrogen and oxygen atoms in total. The molecule has 0 spiro atoms. The fourth-order valence-corrected chi connectivity index (χ4v) is 8.30. The molecule has 0 amide bonds. The van der Waals surface area contributed by atoms with Gasteiger partial charge in [0.25, 0.3) is 0 Å². The van der Waals surface area contributed by atoms with Crippen molar-refractivity contribution in [2.24, 2.45) is 4.99 Å². The van der Waals surface area contributed by atoms with Gasteiger partial charge in [-0.15, -0.1) is 11.3 Å². The molecule has 0 atom stereocenters. The zero-order valence-corrected chi connectivity index (χ0v) is 30.2. The van der Waals surface area contributed by atoms with Crippen molar-refractivity contribution in [3.63, 3.8) is 0 Å². The Morgan fingerprint density at radius 1 is 0.463 bits per heavy atom. The van der Waals surface area contributed by atoms with E-state index in [9.17, 15) is 0 Å². The lowest BCUT2D eigenvalue weighted by Crippen LogP contribution is -2.39. The van der Waals surface area contributed by atoms with Gasteiger partial charge < -0.3 is 4.90 Å². The van der Waals surface area contributed by atoms with Gasteiger partial charge in [0.15, 0.2) is 17.5 Å². The summed E-state index contributed by atoms with van der Waals surface area (Å²) < 4.78 is 2.41. The van der Waals surface area contributed by atoms with Crippen LogP contribution >= 0.6 is 11.3 Å². The van der Waals surface area contributed by atoms with Crippen molar-refractivity contribution in [2.75, 3.05) is 16.8 Å². The van der Waals surface area contributed by atoms with Gasteiger partial charge in [0.2, 0.25) is 5.96 Å². The van der Waals surface area contributed by atoms with Crippen molar-refractivity contribution in [2.45, 2.75) is 0 Å². The van der Waals surface area contributed by atoms with Crippen molar-refractivity contribution >= 4 is 60.2 Å². The lowest BCUT2D eigenvalue weighted by atomic mass is 10.0. The van der Waals surface area contributed by atoms with E-state index in [-0.39, 0.29) is 0 Å². The topological polar surface area (TPSA) is 57.5 Å². The predicted molar refractivity (Wildman–Crippen MR) is 225 cm³/mol. The molecule has 0 fully saturated rings. The van der Waals surface area contributed by atoms with Crippen LogP contribution in [-0.2, 0) is 0 Å². The molecule has 0 bridgehead atoms. The molecule has 3 heterocycles. The van der Waals surface area contributed by atoms with Crippen LogP contribution in [0.1, 0.15) is 0 Å². The van der Waals surface area contributed by atoms with E-state index in [2.05, 4.69) is 102 Å². The maximum atomic E-state index is 5.31. The zero-order chi connectivity index (χ0) is 36.0. The number of benzene rings is 7. The lowest BCUT2D eigenvalue weighted by molar-refractivity contribution is 1.07. The molecule has 0 aliphatic carbocycles. The average Bonchev–Trinajstić information content (AvgIpc) is 3.57. The Hall–Kier alpha value is -6.96. The first-order chi connectivity index (χ1) is 26.7. The van der Waals surface area contributed by atoms with Crippen molar-refractivity contribution in [3.8, 4) is 45.3 Å². The van der Waals surface area contributed by atoms with Crippen LogP contribution < -0.4 is 9.80 Å². The Labute approximate surface area is 317 Å². The highest BCUT2D eigenvalue weighted by Gasteiger charge is 2.30. The first kappa shape index (κ1) is 31.7. The number of aliphatic imine (C=N–C) groups is 1. The minimum Gasteiger partial charge on any atom is -0.314 e. The number of fused-ring (bicyclic) bond motifs is 6. The largest absolute Gasteiger partial charge is 0.314 e. The van der Waals surface area contributed by atoms with Crippen LogP contribution in [0, 0.1) is 0 Å². The fourth-order valence-electron chi connectivity index (χ4n) is 7.23. The first-order valence-corrected chi connectivity index (χ1v) is 18.7. The lowest BCUT2D eigenvalue weighted by Gasteiger charge is -2.31. The van der Waals surface area contributed by atoms with Gasteiger partial charge in [-0.05, 0) is 60.7 Å². The van der Waals surface area contributed by atoms with E-state index >= 15 is 0 Å². The van der Waals surface area contributed by atoms with Crippen LogP contribution in [0.3, 0.4) is 0 Å². The van der Waals surface area contributed by atoms with Crippen LogP contribution in [0.4, 0.5) is 22.7 Å². The predicted octanol–water partition coefficient (Wildman–Crippen LogP) is 12.2. The molecule has 1 aliphatic rings. The van der Waals surface area contributed by atoms with Gasteiger partial charge in [-0.1, -0.05) is 115 Å². The summed E-state index contributed by atoms with van der Waals surface area (Å²) in [5.41, 5.74) is 9.20. The molecule has 54 heavy (non-hydrogen) atoms. The molecule has 10 rings (SSSR count). The van der Waals surface area contributed by atoms with Crippen molar-refractivity contribution in [1.29, 1.82) is 0 Å². The van der Waals surface area contributed by atoms with Gasteiger partial charge in [0.1, 0.15) is 0 Å². The number of para-hydroxylation sites is 3. The first-order valence-electron chi connectivity index (χ1n) is 17.9. The van der Waals surface area contributed by atoms with Gasteiger partial charge in [0, 0.05) is 60.7 Å². The molecule has 0 saturated heterocycles. The number of anilines is 3. The van der Waals surface area contributed by atoms with E-state index < -0.39 is 0 Å². The van der Waals surface area contributed by atoms with Crippen molar-refractivity contribution in [1.82, 2.24) is 15.0 Å². The molecular formula is C47H32N6S. The molecule has 7 heteroatoms. The summed E-state index contributed by atoms with van der Waals surface area (Å²) in [6.07, 6.45) is 0. The molecule has 1 aliphatic heterocycles. The van der Waals surface area contributed by atoms with E-state index in [1.165, 1.54) is 9.40 Å². The maximum Gasteiger partial charge on any atom is 0.215 e. The highest BCUT2D eigenvalue weighted by atomic mass is 32.1. The Morgan fingerprint density at radius 3 is 1.61 bits per heavy atom. The Morgan fingerprint density at radius 2 is 0.963 bits per heavy atom. The number of nitrogens with zero attached hydrogens (tertiary/aromatic N) is 6. The van der Waals surface area contributed by atoms with Gasteiger partial charge in [-0.25, -0.2) is 19.9 Å². The summed E-state index contributed by atoms with van der Waals surface area (Å²) in [6, 6.07) is 60.8. The van der Waals surface area contributed by atoms with Crippen LogP contribution in [0.25, 0.3) is 65.5 Å². The number of hydrogen-bond donors (Lipinski definition) is 0. The molecule has 0 unspecified atom stereocenters. The van der Waals surface area contributed by atoms with E-state index in [0.717, 1.165) is 67.3 Å². The minimum atomic E-state index is 0.637. The minimum absolute atomic E-state index is 0.637. The number of thiophene rings is 1. The summed E-state index contributed by atoms with van der Waals surface area (Å²) in [4.78, 5) is 24.8. The quantitative estimate of drug-likeness (QED) is 0.178. The molecule has 0 N–H and O–H groups in total. The number of aromatic nitrogens is 3. The summed E-state index contributed by atoms with van der Waals surface area (Å²) in [5.74, 6) is 2.74. The Bertz CT molecular complexity index is 2790. The van der Waals surface area contributed by atoms with E-state index in [0.29, 0.717) is 17.5 Å². The second-order valence-corrected chi connectivity index (χ2v) is 14.3. The highest BCUT2D eigenvalue weighted by Crippen LogP contribution is 2.46. The molecule has 0 saturated carbocycles. The Balaban J connectivity index is 1.16. The fraction of sp³-hybridized carbons (Fsp3) is 0.0213. The standard InChI is InChI=1S/C47H32N6S/c1-52-40-23-13-11-21-36(40)37-22-12-14-24-41(37)53(47(52)48-34-19-9-4-10-20-34)35-26-28-43-39(30-35)38-29-33(25-27-42(38)54-43)46-50-44(31-15-5-2-6-16-31)49-45(51-46)32-17-7-3-8-18-32/h2-30H,1H3. The SMILES string of the molecule is CN1C(=Nc2ccccc2)N(c2ccc3sc4ccc(-c5nc(-c6ccccc6)nc(-c6ccccc6)n5)cc4c3c2)c2ccccc2-c2ccccc21. The Kier molecular flexibility index (Phi) is 7.78. The van der Waals surface area contributed by atoms with Gasteiger partial charge in [-0.2, -0.15) is 0 Å². The number of rotatable bonds is 5. The molecule has 0 radical (unpaired) electrons. The highest BCUT2D eigenvalue weighted by molar-refractivity contribution is 7.25. The van der Waals surface area contributed by atoms with E-state index in [1.807, 2.05) is 91.0 Å². The molecule has 256 valence electrons. The monoisotopic (exact) mass is 712 g/mol. The summed E-state index contributed by atoms with van der Waals surface area (Å²) in [7, 11) is 2.10. The van der Waals surface area contributed by atoms with Crippen molar-refractivity contribution in [3.05, 3.63) is 176 Å².